The van der Waals surface area contributed by atoms with E-state index in [1.54, 1.807) is 12.0 Å². The summed E-state index contributed by atoms with van der Waals surface area (Å²) in [6.07, 6.45) is 5.88. The quantitative estimate of drug-likeness (QED) is 0.491. The molecule has 0 spiro atoms. The van der Waals surface area contributed by atoms with Crippen molar-refractivity contribution in [2.75, 3.05) is 53.0 Å². The van der Waals surface area contributed by atoms with E-state index in [4.69, 9.17) is 11.2 Å². The Labute approximate surface area is 114 Å². The van der Waals surface area contributed by atoms with Crippen LogP contribution >= 0.6 is 0 Å². The predicted octanol–water partition coefficient (Wildman–Crippen LogP) is -1.08. The average Bonchev–Trinajstić information content (AvgIpc) is 2.43. The van der Waals surface area contributed by atoms with Crippen LogP contribution in [0.1, 0.15) is 6.42 Å². The Kier molecular flexibility index (Phi) is 6.93. The lowest BCUT2D eigenvalue weighted by atomic mass is 10.3. The fourth-order valence-electron chi connectivity index (χ4n) is 1.90. The van der Waals surface area contributed by atoms with E-state index in [2.05, 4.69) is 11.2 Å². The summed E-state index contributed by atoms with van der Waals surface area (Å²) in [6, 6.07) is 0. The molecular weight excluding hydrogens is 246 g/mol. The van der Waals surface area contributed by atoms with Crippen molar-refractivity contribution in [2.24, 2.45) is 0 Å². The van der Waals surface area contributed by atoms with Crippen LogP contribution in [0.3, 0.4) is 0 Å². The molecule has 1 aliphatic heterocycles. The lowest BCUT2D eigenvalue weighted by Crippen LogP contribution is -2.50. The maximum atomic E-state index is 11.6. The van der Waals surface area contributed by atoms with Gasteiger partial charge in [0.15, 0.2) is 0 Å². The molecule has 0 aliphatic carbocycles. The molecule has 0 bridgehead atoms. The second kappa shape index (κ2) is 8.51. The second-order valence-electron chi connectivity index (χ2n) is 4.41. The number of amides is 2. The van der Waals surface area contributed by atoms with Crippen LogP contribution in [-0.4, -0.2) is 74.6 Å². The number of terminal acetylenes is 1. The van der Waals surface area contributed by atoms with Crippen molar-refractivity contribution in [1.29, 1.82) is 0 Å². The van der Waals surface area contributed by atoms with Gasteiger partial charge in [0.05, 0.1) is 6.54 Å². The molecule has 1 rings (SSSR count). The summed E-state index contributed by atoms with van der Waals surface area (Å²) in [5, 5.41) is 2.84. The molecule has 0 unspecified atom stereocenters. The second-order valence-corrected chi connectivity index (χ2v) is 4.41. The lowest BCUT2D eigenvalue weighted by molar-refractivity contribution is -0.127. The van der Waals surface area contributed by atoms with Crippen molar-refractivity contribution < 1.29 is 14.3 Å². The van der Waals surface area contributed by atoms with Crippen molar-refractivity contribution in [3.8, 4) is 12.3 Å². The average molecular weight is 267 g/mol. The highest BCUT2D eigenvalue weighted by Crippen LogP contribution is 2.01. The Morgan fingerprint density at radius 2 is 2.00 bits per heavy atom. The van der Waals surface area contributed by atoms with Gasteiger partial charge >= 0.3 is 0 Å². The molecular formula is C13H21N3O3. The summed E-state index contributed by atoms with van der Waals surface area (Å²) in [4.78, 5) is 26.6. The first-order valence-electron chi connectivity index (χ1n) is 6.41. The zero-order valence-electron chi connectivity index (χ0n) is 11.4. The number of nitrogens with zero attached hydrogens (tertiary/aromatic N) is 2. The fraction of sp³-hybridized carbons (Fsp3) is 0.692. The Morgan fingerprint density at radius 3 is 2.58 bits per heavy atom. The molecule has 0 saturated carbocycles. The van der Waals surface area contributed by atoms with Crippen LogP contribution in [-0.2, 0) is 14.3 Å². The van der Waals surface area contributed by atoms with Crippen LogP contribution in [0.2, 0.25) is 0 Å². The number of hydrogen-bond acceptors (Lipinski definition) is 4. The molecule has 6 heteroatoms. The Hall–Kier alpha value is -1.58. The van der Waals surface area contributed by atoms with Gasteiger partial charge < -0.3 is 15.0 Å². The van der Waals surface area contributed by atoms with E-state index in [1.807, 2.05) is 4.90 Å². The Balaban J connectivity index is 2.16. The monoisotopic (exact) mass is 267 g/mol. The summed E-state index contributed by atoms with van der Waals surface area (Å²) in [6.45, 7) is 4.16. The van der Waals surface area contributed by atoms with Gasteiger partial charge in [-0.2, -0.15) is 0 Å². The Morgan fingerprint density at radius 1 is 1.32 bits per heavy atom. The first-order chi connectivity index (χ1) is 9.17. The first kappa shape index (κ1) is 15.5. The standard InChI is InChI=1S/C13H21N3O3/c1-3-13(18)16-8-6-15(7-9-16)11-12(17)14-5-4-10-19-2/h1H,4-11H2,2H3,(H,14,17). The van der Waals surface area contributed by atoms with Gasteiger partial charge in [0.25, 0.3) is 5.91 Å². The van der Waals surface area contributed by atoms with Crippen LogP contribution in [0.25, 0.3) is 0 Å². The van der Waals surface area contributed by atoms with E-state index in [9.17, 15) is 9.59 Å². The minimum Gasteiger partial charge on any atom is -0.385 e. The number of piperazine rings is 1. The highest BCUT2D eigenvalue weighted by Gasteiger charge is 2.20. The normalized spacial score (nSPS) is 15.9. The molecule has 1 heterocycles. The first-order valence-corrected chi connectivity index (χ1v) is 6.41. The zero-order valence-corrected chi connectivity index (χ0v) is 11.4. The molecule has 0 radical (unpaired) electrons. The minimum atomic E-state index is -0.274. The molecule has 106 valence electrons. The number of carbonyl (C=O) groups is 2. The van der Waals surface area contributed by atoms with Gasteiger partial charge in [0, 0.05) is 46.4 Å². The number of rotatable bonds is 6. The summed E-state index contributed by atoms with van der Waals surface area (Å²) >= 11 is 0. The van der Waals surface area contributed by atoms with Crippen LogP contribution < -0.4 is 5.32 Å². The largest absolute Gasteiger partial charge is 0.385 e. The van der Waals surface area contributed by atoms with Crippen molar-refractivity contribution in [1.82, 2.24) is 15.1 Å². The molecule has 0 atom stereocenters. The van der Waals surface area contributed by atoms with Gasteiger partial charge in [-0.3, -0.25) is 14.5 Å². The maximum absolute atomic E-state index is 11.6. The van der Waals surface area contributed by atoms with E-state index in [0.717, 1.165) is 6.42 Å². The number of methoxy groups -OCH3 is 1. The molecule has 2 amide bonds. The molecule has 0 aromatic heterocycles. The SMILES string of the molecule is C#CC(=O)N1CCN(CC(=O)NCCCOC)CC1. The topological polar surface area (TPSA) is 61.9 Å². The van der Waals surface area contributed by atoms with Gasteiger partial charge in [-0.15, -0.1) is 6.42 Å². The van der Waals surface area contributed by atoms with Crippen LogP contribution in [0, 0.1) is 12.3 Å². The Bertz CT molecular complexity index is 344. The molecule has 1 saturated heterocycles. The van der Waals surface area contributed by atoms with Gasteiger partial charge in [0.1, 0.15) is 0 Å². The van der Waals surface area contributed by atoms with Crippen molar-refractivity contribution in [3.63, 3.8) is 0 Å². The van der Waals surface area contributed by atoms with Crippen LogP contribution in [0.4, 0.5) is 0 Å². The van der Waals surface area contributed by atoms with E-state index < -0.39 is 0 Å². The van der Waals surface area contributed by atoms with Crippen molar-refractivity contribution in [3.05, 3.63) is 0 Å². The van der Waals surface area contributed by atoms with E-state index in [1.165, 1.54) is 0 Å². The molecule has 19 heavy (non-hydrogen) atoms. The predicted molar refractivity (Wildman–Crippen MR) is 71.4 cm³/mol. The molecule has 1 aliphatic rings. The molecule has 0 aromatic rings. The van der Waals surface area contributed by atoms with Crippen molar-refractivity contribution >= 4 is 11.8 Å². The molecule has 0 aromatic carbocycles. The number of hydrogen-bond donors (Lipinski definition) is 1. The van der Waals surface area contributed by atoms with Crippen LogP contribution in [0.5, 0.6) is 0 Å². The highest BCUT2D eigenvalue weighted by molar-refractivity contribution is 5.92. The smallest absolute Gasteiger partial charge is 0.298 e. The van der Waals surface area contributed by atoms with Gasteiger partial charge in [0.2, 0.25) is 5.91 Å². The lowest BCUT2D eigenvalue weighted by Gasteiger charge is -2.33. The van der Waals surface area contributed by atoms with E-state index in [-0.39, 0.29) is 11.8 Å². The molecule has 1 fully saturated rings. The fourth-order valence-corrected chi connectivity index (χ4v) is 1.90. The maximum Gasteiger partial charge on any atom is 0.298 e. The van der Waals surface area contributed by atoms with E-state index in [0.29, 0.717) is 45.9 Å². The van der Waals surface area contributed by atoms with E-state index >= 15 is 0 Å². The zero-order chi connectivity index (χ0) is 14.1. The summed E-state index contributed by atoms with van der Waals surface area (Å²) in [7, 11) is 1.64. The third-order valence-corrected chi connectivity index (χ3v) is 3.00. The van der Waals surface area contributed by atoms with Crippen LogP contribution in [0.15, 0.2) is 0 Å². The summed E-state index contributed by atoms with van der Waals surface area (Å²) in [5.74, 6) is 1.84. The van der Waals surface area contributed by atoms with Gasteiger partial charge in [-0.1, -0.05) is 0 Å². The molecule has 6 nitrogen and oxygen atoms in total. The number of ether oxygens (including phenoxy) is 1. The van der Waals surface area contributed by atoms with Gasteiger partial charge in [-0.05, 0) is 12.3 Å². The third kappa shape index (κ3) is 5.73. The number of nitrogens with one attached hydrogen (secondary N) is 1. The molecule has 1 N–H and O–H groups in total. The third-order valence-electron chi connectivity index (χ3n) is 3.00. The summed E-state index contributed by atoms with van der Waals surface area (Å²) < 4.78 is 4.90. The number of carbonyl (C=O) groups excluding carboxylic acids is 2. The summed E-state index contributed by atoms with van der Waals surface area (Å²) in [5.41, 5.74) is 0. The van der Waals surface area contributed by atoms with Gasteiger partial charge in [-0.25, -0.2) is 0 Å². The highest BCUT2D eigenvalue weighted by atomic mass is 16.5. The minimum absolute atomic E-state index is 0.00725. The van der Waals surface area contributed by atoms with Crippen molar-refractivity contribution in [2.45, 2.75) is 6.42 Å².